The molecule has 0 unspecified atom stereocenters. The number of benzene rings is 1. The SMILES string of the molecule is CC(C)=C/C=C\c1c(C)c2c(C)cccc2n1C. The summed E-state index contributed by atoms with van der Waals surface area (Å²) in [7, 11) is 2.14. The number of allylic oxidation sites excluding steroid dienone is 3. The quantitative estimate of drug-likeness (QED) is 0.665. The van der Waals surface area contributed by atoms with Crippen LogP contribution in [-0.4, -0.2) is 4.57 Å². The molecule has 0 amide bonds. The highest BCUT2D eigenvalue weighted by atomic mass is 14.9. The van der Waals surface area contributed by atoms with Crippen LogP contribution >= 0.6 is 0 Å². The zero-order valence-electron chi connectivity index (χ0n) is 11.9. The summed E-state index contributed by atoms with van der Waals surface area (Å²) in [4.78, 5) is 0. The van der Waals surface area contributed by atoms with Gasteiger partial charge in [-0.2, -0.15) is 0 Å². The van der Waals surface area contributed by atoms with Crippen LogP contribution in [0.15, 0.2) is 35.9 Å². The zero-order chi connectivity index (χ0) is 13.3. The summed E-state index contributed by atoms with van der Waals surface area (Å²) < 4.78 is 2.27. The molecule has 1 heteroatoms. The van der Waals surface area contributed by atoms with Crippen LogP contribution < -0.4 is 0 Å². The highest BCUT2D eigenvalue weighted by Crippen LogP contribution is 2.28. The molecule has 0 spiro atoms. The molecule has 0 aliphatic heterocycles. The minimum atomic E-state index is 1.29. The van der Waals surface area contributed by atoms with Gasteiger partial charge in [-0.05, 0) is 51.0 Å². The van der Waals surface area contributed by atoms with Gasteiger partial charge in [-0.15, -0.1) is 0 Å². The predicted octanol–water partition coefficient (Wildman–Crippen LogP) is 4.77. The topological polar surface area (TPSA) is 4.93 Å². The van der Waals surface area contributed by atoms with Crippen molar-refractivity contribution in [3.63, 3.8) is 0 Å². The van der Waals surface area contributed by atoms with Gasteiger partial charge in [0.25, 0.3) is 0 Å². The minimum Gasteiger partial charge on any atom is -0.344 e. The summed E-state index contributed by atoms with van der Waals surface area (Å²) in [5.41, 5.74) is 6.63. The molecule has 94 valence electrons. The number of fused-ring (bicyclic) bond motifs is 1. The van der Waals surface area contributed by atoms with Gasteiger partial charge in [0.1, 0.15) is 0 Å². The Morgan fingerprint density at radius 2 is 1.89 bits per heavy atom. The summed E-state index contributed by atoms with van der Waals surface area (Å²) in [5.74, 6) is 0. The Bertz CT molecular complexity index is 635. The van der Waals surface area contributed by atoms with Crippen LogP contribution in [0.4, 0.5) is 0 Å². The van der Waals surface area contributed by atoms with Crippen molar-refractivity contribution in [1.82, 2.24) is 4.57 Å². The number of aryl methyl sites for hydroxylation is 3. The molecule has 2 aromatic rings. The van der Waals surface area contributed by atoms with E-state index >= 15 is 0 Å². The summed E-state index contributed by atoms with van der Waals surface area (Å²) in [6, 6.07) is 6.49. The van der Waals surface area contributed by atoms with Crippen LogP contribution in [-0.2, 0) is 7.05 Å². The Morgan fingerprint density at radius 3 is 2.50 bits per heavy atom. The van der Waals surface area contributed by atoms with Crippen molar-refractivity contribution in [2.24, 2.45) is 7.05 Å². The number of nitrogens with zero attached hydrogens (tertiary/aromatic N) is 1. The number of hydrogen-bond acceptors (Lipinski definition) is 0. The average molecular weight is 239 g/mol. The largest absolute Gasteiger partial charge is 0.344 e. The molecule has 18 heavy (non-hydrogen) atoms. The third-order valence-corrected chi connectivity index (χ3v) is 3.42. The molecule has 0 aliphatic rings. The van der Waals surface area contributed by atoms with Crippen LogP contribution in [0.2, 0.25) is 0 Å². The van der Waals surface area contributed by atoms with E-state index in [1.54, 1.807) is 0 Å². The third-order valence-electron chi connectivity index (χ3n) is 3.42. The molecule has 0 saturated carbocycles. The Labute approximate surface area is 109 Å². The van der Waals surface area contributed by atoms with Gasteiger partial charge in [-0.1, -0.05) is 29.9 Å². The monoisotopic (exact) mass is 239 g/mol. The van der Waals surface area contributed by atoms with Crippen LogP contribution in [0, 0.1) is 13.8 Å². The minimum absolute atomic E-state index is 1.29. The molecular formula is C17H21N. The molecule has 0 radical (unpaired) electrons. The van der Waals surface area contributed by atoms with Crippen LogP contribution in [0.3, 0.4) is 0 Å². The summed E-state index contributed by atoms with van der Waals surface area (Å²) in [5, 5.41) is 1.39. The van der Waals surface area contributed by atoms with E-state index < -0.39 is 0 Å². The van der Waals surface area contributed by atoms with Crippen molar-refractivity contribution < 1.29 is 0 Å². The highest BCUT2D eigenvalue weighted by molar-refractivity contribution is 5.90. The van der Waals surface area contributed by atoms with E-state index in [2.05, 4.69) is 75.7 Å². The molecule has 1 aromatic heterocycles. The van der Waals surface area contributed by atoms with E-state index in [0.717, 1.165) is 0 Å². The fourth-order valence-corrected chi connectivity index (χ4v) is 2.50. The zero-order valence-corrected chi connectivity index (χ0v) is 11.9. The van der Waals surface area contributed by atoms with E-state index in [-0.39, 0.29) is 0 Å². The fourth-order valence-electron chi connectivity index (χ4n) is 2.50. The van der Waals surface area contributed by atoms with Crippen LogP contribution in [0.25, 0.3) is 17.0 Å². The Kier molecular flexibility index (Phi) is 3.42. The lowest BCUT2D eigenvalue weighted by Crippen LogP contribution is -1.90. The molecule has 0 saturated heterocycles. The molecule has 2 rings (SSSR count). The van der Waals surface area contributed by atoms with E-state index in [0.29, 0.717) is 0 Å². The second-order valence-electron chi connectivity index (χ2n) is 5.14. The van der Waals surface area contributed by atoms with Crippen LogP contribution in [0.1, 0.15) is 30.7 Å². The van der Waals surface area contributed by atoms with Gasteiger partial charge in [-0.3, -0.25) is 0 Å². The molecule has 0 fully saturated rings. The standard InChI is InChI=1S/C17H21N/c1-12(2)8-6-10-15-14(4)17-13(3)9-7-11-16(17)18(15)5/h6-11H,1-5H3/b10-6-. The molecule has 0 aliphatic carbocycles. The summed E-state index contributed by atoms with van der Waals surface area (Å²) >= 11 is 0. The lowest BCUT2D eigenvalue weighted by atomic mass is 10.1. The maximum absolute atomic E-state index is 2.27. The lowest BCUT2D eigenvalue weighted by molar-refractivity contribution is 0.948. The molecule has 1 nitrogen and oxygen atoms in total. The Balaban J connectivity index is 2.62. The van der Waals surface area contributed by atoms with Gasteiger partial charge < -0.3 is 4.57 Å². The van der Waals surface area contributed by atoms with Crippen molar-refractivity contribution in [1.29, 1.82) is 0 Å². The fraction of sp³-hybridized carbons (Fsp3) is 0.294. The van der Waals surface area contributed by atoms with Crippen LogP contribution in [0.5, 0.6) is 0 Å². The second kappa shape index (κ2) is 4.85. The number of aromatic nitrogens is 1. The Hall–Kier alpha value is -1.76. The number of hydrogen-bond donors (Lipinski definition) is 0. The maximum Gasteiger partial charge on any atom is 0.0487 e. The average Bonchev–Trinajstić information content (AvgIpc) is 2.55. The molecule has 1 heterocycles. The summed E-state index contributed by atoms with van der Waals surface area (Å²) in [6.45, 7) is 8.61. The summed E-state index contributed by atoms with van der Waals surface area (Å²) in [6.07, 6.45) is 6.47. The lowest BCUT2D eigenvalue weighted by Gasteiger charge is -1.99. The van der Waals surface area contributed by atoms with Crippen molar-refractivity contribution in [3.8, 4) is 0 Å². The highest BCUT2D eigenvalue weighted by Gasteiger charge is 2.10. The van der Waals surface area contributed by atoms with Crippen molar-refractivity contribution >= 4 is 17.0 Å². The molecule has 0 N–H and O–H groups in total. The van der Waals surface area contributed by atoms with E-state index in [1.165, 1.54) is 33.3 Å². The number of rotatable bonds is 2. The second-order valence-corrected chi connectivity index (χ2v) is 5.14. The van der Waals surface area contributed by atoms with Gasteiger partial charge in [-0.25, -0.2) is 0 Å². The van der Waals surface area contributed by atoms with Gasteiger partial charge in [0.15, 0.2) is 0 Å². The maximum atomic E-state index is 2.27. The molecule has 0 atom stereocenters. The first-order valence-corrected chi connectivity index (χ1v) is 6.38. The van der Waals surface area contributed by atoms with E-state index in [9.17, 15) is 0 Å². The molecular weight excluding hydrogens is 218 g/mol. The first kappa shape index (κ1) is 12.7. The third kappa shape index (κ3) is 2.13. The predicted molar refractivity (Wildman–Crippen MR) is 80.9 cm³/mol. The van der Waals surface area contributed by atoms with Gasteiger partial charge in [0, 0.05) is 23.6 Å². The smallest absolute Gasteiger partial charge is 0.0487 e. The van der Waals surface area contributed by atoms with Gasteiger partial charge in [0.05, 0.1) is 0 Å². The van der Waals surface area contributed by atoms with E-state index in [1.807, 2.05) is 0 Å². The first-order chi connectivity index (χ1) is 8.52. The van der Waals surface area contributed by atoms with Gasteiger partial charge >= 0.3 is 0 Å². The Morgan fingerprint density at radius 1 is 1.17 bits per heavy atom. The first-order valence-electron chi connectivity index (χ1n) is 6.38. The van der Waals surface area contributed by atoms with E-state index in [4.69, 9.17) is 0 Å². The van der Waals surface area contributed by atoms with Crippen molar-refractivity contribution in [3.05, 3.63) is 52.7 Å². The van der Waals surface area contributed by atoms with Crippen molar-refractivity contribution in [2.75, 3.05) is 0 Å². The molecule has 1 aromatic carbocycles. The normalized spacial score (nSPS) is 11.4. The van der Waals surface area contributed by atoms with Crippen molar-refractivity contribution in [2.45, 2.75) is 27.7 Å². The molecule has 0 bridgehead atoms. The van der Waals surface area contributed by atoms with Gasteiger partial charge in [0.2, 0.25) is 0 Å².